The molecule has 5 atom stereocenters. The average Bonchev–Trinajstić information content (AvgIpc) is 3.00. The summed E-state index contributed by atoms with van der Waals surface area (Å²) < 4.78 is 0. The van der Waals surface area contributed by atoms with Gasteiger partial charge in [0.25, 0.3) is 0 Å². The highest BCUT2D eigenvalue weighted by molar-refractivity contribution is 6.03. The number of rotatable bonds is 10. The van der Waals surface area contributed by atoms with E-state index in [0.29, 0.717) is 5.56 Å². The van der Waals surface area contributed by atoms with Crippen LogP contribution in [-0.4, -0.2) is 78.2 Å². The van der Waals surface area contributed by atoms with Gasteiger partial charge in [-0.2, -0.15) is 0 Å². The van der Waals surface area contributed by atoms with Gasteiger partial charge in [0.15, 0.2) is 11.7 Å². The molecule has 15 heteroatoms. The molecule has 0 bridgehead atoms. The van der Waals surface area contributed by atoms with Gasteiger partial charge in [-0.25, -0.2) is 0 Å². The molecule has 2 unspecified atom stereocenters. The molecule has 2 fully saturated rings. The fourth-order valence-corrected chi connectivity index (χ4v) is 5.47. The Balaban J connectivity index is 2.43. The number of aliphatic imine (C=N–C) groups is 1. The number of nitrogens with zero attached hydrogens (tertiary/aromatic N) is 1. The van der Waals surface area contributed by atoms with Gasteiger partial charge in [0.1, 0.15) is 12.1 Å². The van der Waals surface area contributed by atoms with Gasteiger partial charge in [-0.05, 0) is 12.0 Å². The SMILES string of the molecule is NC(=O)[C@H]1C[C@](c2ccccc2)(C2(CCN=C(N)N)C(=O)CNC(=O)[C@H]2NC=O)NC(CC(=O)O)C(=O)N1. The van der Waals surface area contributed by atoms with Gasteiger partial charge in [0.05, 0.1) is 30.0 Å². The molecule has 2 saturated heterocycles. The van der Waals surface area contributed by atoms with E-state index in [1.54, 1.807) is 30.3 Å². The lowest BCUT2D eigenvalue weighted by Crippen LogP contribution is -2.75. The molecule has 38 heavy (non-hydrogen) atoms. The Morgan fingerprint density at radius 3 is 2.39 bits per heavy atom. The van der Waals surface area contributed by atoms with Crippen LogP contribution in [-0.2, 0) is 34.3 Å². The Bertz CT molecular complexity index is 1160. The van der Waals surface area contributed by atoms with Crippen LogP contribution < -0.4 is 38.5 Å². The topological polar surface area (TPSA) is 261 Å². The molecule has 3 rings (SSSR count). The number of piperidine rings is 1. The largest absolute Gasteiger partial charge is 0.481 e. The number of primary amides is 1. The van der Waals surface area contributed by atoms with E-state index in [0.717, 1.165) is 0 Å². The van der Waals surface area contributed by atoms with E-state index in [4.69, 9.17) is 17.2 Å². The Kier molecular flexibility index (Phi) is 8.30. The van der Waals surface area contributed by atoms with E-state index in [1.807, 2.05) is 0 Å². The standard InChI is InChI=1S/C23H30N8O7/c24-18(36)14-9-23(12-4-2-1-3-5-12,31-13(8-16(34)35)19(37)30-14)22(6-7-27-21(25)26)15(33)10-28-20(38)17(22)29-11-32/h1-5,11,13-14,17,31H,6-10H2,(H2,24,36)(H,28,38)(H,29,32)(H,30,37)(H,34,35)(H4,25,26,27)/t13?,14-,17-,22?,23+/m1/s1. The van der Waals surface area contributed by atoms with Gasteiger partial charge in [0.2, 0.25) is 24.1 Å². The molecule has 0 aromatic heterocycles. The Hall–Kier alpha value is -4.53. The summed E-state index contributed by atoms with van der Waals surface area (Å²) in [6.45, 7) is -0.652. The molecule has 1 aromatic rings. The summed E-state index contributed by atoms with van der Waals surface area (Å²) in [6, 6.07) is 3.75. The first-order chi connectivity index (χ1) is 18.0. The average molecular weight is 531 g/mol. The molecule has 0 spiro atoms. The van der Waals surface area contributed by atoms with Gasteiger partial charge < -0.3 is 38.3 Å². The second kappa shape index (κ2) is 11.2. The van der Waals surface area contributed by atoms with Crippen molar-refractivity contribution in [3.05, 3.63) is 35.9 Å². The Morgan fingerprint density at radius 1 is 1.13 bits per heavy atom. The van der Waals surface area contributed by atoms with E-state index >= 15 is 0 Å². The molecule has 15 nitrogen and oxygen atoms in total. The lowest BCUT2D eigenvalue weighted by Gasteiger charge is -2.55. The van der Waals surface area contributed by atoms with Gasteiger partial charge in [-0.1, -0.05) is 30.3 Å². The zero-order valence-electron chi connectivity index (χ0n) is 20.3. The minimum Gasteiger partial charge on any atom is -0.481 e. The third-order valence-electron chi connectivity index (χ3n) is 7.03. The zero-order valence-corrected chi connectivity index (χ0v) is 20.3. The molecule has 2 heterocycles. The maximum absolute atomic E-state index is 14.0. The minimum absolute atomic E-state index is 0.194. The summed E-state index contributed by atoms with van der Waals surface area (Å²) in [5.41, 5.74) is 13.2. The van der Waals surface area contributed by atoms with Crippen LogP contribution in [0.2, 0.25) is 0 Å². The molecular formula is C23H30N8O7. The Morgan fingerprint density at radius 2 is 1.82 bits per heavy atom. The minimum atomic E-state index is -1.92. The number of benzene rings is 1. The number of nitrogens with one attached hydrogen (secondary N) is 4. The fraction of sp³-hybridized carbons (Fsp3) is 0.435. The number of carbonyl (C=O) groups is 6. The molecule has 11 N–H and O–H groups in total. The predicted molar refractivity (Wildman–Crippen MR) is 132 cm³/mol. The summed E-state index contributed by atoms with van der Waals surface area (Å²) in [5, 5.41) is 19.9. The van der Waals surface area contributed by atoms with Gasteiger partial charge >= 0.3 is 5.97 Å². The molecular weight excluding hydrogens is 500 g/mol. The maximum atomic E-state index is 14.0. The van der Waals surface area contributed by atoms with Crippen molar-refractivity contribution in [1.29, 1.82) is 0 Å². The Labute approximate surface area is 217 Å². The van der Waals surface area contributed by atoms with Crippen LogP contribution in [0.25, 0.3) is 0 Å². The number of Topliss-reactive ketones (excluding diaryl/α,β-unsaturated/α-hetero) is 1. The molecule has 2 aliphatic rings. The van der Waals surface area contributed by atoms with Crippen molar-refractivity contribution >= 4 is 41.8 Å². The van der Waals surface area contributed by atoms with Gasteiger partial charge in [-0.15, -0.1) is 0 Å². The second-order valence-corrected chi connectivity index (χ2v) is 9.12. The monoisotopic (exact) mass is 530 g/mol. The van der Waals surface area contributed by atoms with Crippen LogP contribution in [0.4, 0.5) is 0 Å². The molecule has 1 aromatic carbocycles. The van der Waals surface area contributed by atoms with Gasteiger partial charge in [-0.3, -0.25) is 39.1 Å². The van der Waals surface area contributed by atoms with E-state index < -0.39 is 71.5 Å². The number of carbonyl (C=O) groups excluding carboxylic acids is 5. The lowest BCUT2D eigenvalue weighted by molar-refractivity contribution is -0.153. The van der Waals surface area contributed by atoms with Crippen LogP contribution in [0.5, 0.6) is 0 Å². The number of carboxylic acid groups (broad SMARTS) is 1. The van der Waals surface area contributed by atoms with E-state index in [9.17, 15) is 33.9 Å². The molecule has 0 aliphatic carbocycles. The van der Waals surface area contributed by atoms with E-state index in [-0.39, 0.29) is 31.8 Å². The highest BCUT2D eigenvalue weighted by Crippen LogP contribution is 2.51. The van der Waals surface area contributed by atoms with Crippen LogP contribution in [0, 0.1) is 5.41 Å². The second-order valence-electron chi connectivity index (χ2n) is 9.12. The first kappa shape index (κ1) is 28.0. The number of hydrogen-bond donors (Lipinski definition) is 8. The third-order valence-corrected chi connectivity index (χ3v) is 7.03. The first-order valence-electron chi connectivity index (χ1n) is 11.7. The van der Waals surface area contributed by atoms with Crippen molar-refractivity contribution in [2.24, 2.45) is 27.6 Å². The summed E-state index contributed by atoms with van der Waals surface area (Å²) in [7, 11) is 0. The predicted octanol–water partition coefficient (Wildman–Crippen LogP) is -3.85. The fourth-order valence-electron chi connectivity index (χ4n) is 5.47. The van der Waals surface area contributed by atoms with Crippen LogP contribution >= 0.6 is 0 Å². The van der Waals surface area contributed by atoms with Crippen molar-refractivity contribution in [2.45, 2.75) is 42.9 Å². The van der Waals surface area contributed by atoms with Crippen molar-refractivity contribution in [1.82, 2.24) is 21.3 Å². The van der Waals surface area contributed by atoms with Gasteiger partial charge in [0, 0.05) is 13.0 Å². The summed E-state index contributed by atoms with van der Waals surface area (Å²) >= 11 is 0. The van der Waals surface area contributed by atoms with Crippen molar-refractivity contribution in [2.75, 3.05) is 13.1 Å². The molecule has 0 saturated carbocycles. The third kappa shape index (κ3) is 5.13. The molecule has 4 amide bonds. The summed E-state index contributed by atoms with van der Waals surface area (Å²) in [5.74, 6) is -4.74. The van der Waals surface area contributed by atoms with Crippen molar-refractivity contribution in [3.63, 3.8) is 0 Å². The highest BCUT2D eigenvalue weighted by Gasteiger charge is 2.66. The van der Waals surface area contributed by atoms with E-state index in [2.05, 4.69) is 26.3 Å². The first-order valence-corrected chi connectivity index (χ1v) is 11.7. The van der Waals surface area contributed by atoms with E-state index in [1.165, 1.54) is 0 Å². The van der Waals surface area contributed by atoms with Crippen molar-refractivity contribution < 1.29 is 33.9 Å². The highest BCUT2D eigenvalue weighted by atomic mass is 16.4. The van der Waals surface area contributed by atoms with Crippen LogP contribution in [0.1, 0.15) is 24.8 Å². The molecule has 0 radical (unpaired) electrons. The molecule has 204 valence electrons. The molecule has 2 aliphatic heterocycles. The normalized spacial score (nSPS) is 29.3. The quantitative estimate of drug-likeness (QED) is 0.0829. The number of hydrogen-bond acceptors (Lipinski definition) is 8. The number of carboxylic acids is 1. The number of ketones is 1. The van der Waals surface area contributed by atoms with Crippen LogP contribution in [0.3, 0.4) is 0 Å². The maximum Gasteiger partial charge on any atom is 0.305 e. The summed E-state index contributed by atoms with van der Waals surface area (Å²) in [4.78, 5) is 80.3. The zero-order chi connectivity index (χ0) is 28.1. The summed E-state index contributed by atoms with van der Waals surface area (Å²) in [6.07, 6.45) is -1.10. The number of amides is 4. The smallest absolute Gasteiger partial charge is 0.305 e. The van der Waals surface area contributed by atoms with Crippen molar-refractivity contribution in [3.8, 4) is 0 Å². The number of aliphatic carboxylic acids is 1. The lowest BCUT2D eigenvalue weighted by atomic mass is 9.54. The number of guanidine groups is 1. The van der Waals surface area contributed by atoms with Crippen LogP contribution in [0.15, 0.2) is 35.3 Å². The number of nitrogens with two attached hydrogens (primary N) is 3.